The normalized spacial score (nSPS) is 13.8. The summed E-state index contributed by atoms with van der Waals surface area (Å²) in [5.41, 5.74) is 9.22. The van der Waals surface area contributed by atoms with E-state index in [1.807, 2.05) is 12.1 Å². The molecule has 0 bridgehead atoms. The first-order valence-corrected chi connectivity index (χ1v) is 5.94. The molecular formula is C12H13N5O2. The van der Waals surface area contributed by atoms with E-state index in [2.05, 4.69) is 25.3 Å². The fourth-order valence-corrected chi connectivity index (χ4v) is 2.05. The molecule has 2 heterocycles. The third kappa shape index (κ3) is 2.35. The van der Waals surface area contributed by atoms with Gasteiger partial charge in [0.25, 0.3) is 0 Å². The van der Waals surface area contributed by atoms with E-state index < -0.39 is 0 Å². The first-order chi connectivity index (χ1) is 9.22. The lowest BCUT2D eigenvalue weighted by molar-refractivity contribution is -0.116. The molecule has 2 aromatic rings. The van der Waals surface area contributed by atoms with Crippen molar-refractivity contribution in [2.45, 2.75) is 19.4 Å². The zero-order valence-corrected chi connectivity index (χ0v) is 10.1. The Kier molecular flexibility index (Phi) is 2.79. The third-order valence-electron chi connectivity index (χ3n) is 3.01. The van der Waals surface area contributed by atoms with Gasteiger partial charge in [-0.05, 0) is 24.1 Å². The van der Waals surface area contributed by atoms with Crippen molar-refractivity contribution in [3.05, 3.63) is 29.9 Å². The second kappa shape index (κ2) is 4.60. The van der Waals surface area contributed by atoms with E-state index in [-0.39, 0.29) is 5.91 Å². The molecule has 1 aliphatic rings. The zero-order chi connectivity index (χ0) is 13.2. The molecule has 4 N–H and O–H groups in total. The summed E-state index contributed by atoms with van der Waals surface area (Å²) in [5.74, 6) is 0.572. The average molecular weight is 259 g/mol. The van der Waals surface area contributed by atoms with Gasteiger partial charge in [-0.15, -0.1) is 0 Å². The first kappa shape index (κ1) is 11.5. The van der Waals surface area contributed by atoms with Crippen LogP contribution in [0.1, 0.15) is 17.8 Å². The number of fused-ring (bicyclic) bond motifs is 1. The van der Waals surface area contributed by atoms with Gasteiger partial charge in [0.2, 0.25) is 12.3 Å². The Morgan fingerprint density at radius 3 is 3.11 bits per heavy atom. The second-order valence-electron chi connectivity index (χ2n) is 4.35. The summed E-state index contributed by atoms with van der Waals surface area (Å²) in [7, 11) is 0. The first-order valence-electron chi connectivity index (χ1n) is 5.94. The second-order valence-corrected chi connectivity index (χ2v) is 4.35. The molecule has 3 rings (SSSR count). The number of carbonyl (C=O) groups is 1. The van der Waals surface area contributed by atoms with Crippen molar-refractivity contribution in [3.8, 4) is 0 Å². The van der Waals surface area contributed by atoms with Gasteiger partial charge in [-0.3, -0.25) is 4.79 Å². The van der Waals surface area contributed by atoms with Gasteiger partial charge in [0, 0.05) is 12.1 Å². The van der Waals surface area contributed by atoms with E-state index in [4.69, 9.17) is 5.73 Å². The number of amides is 1. The van der Waals surface area contributed by atoms with Gasteiger partial charge in [-0.25, -0.2) is 0 Å². The van der Waals surface area contributed by atoms with Gasteiger partial charge >= 0.3 is 0 Å². The van der Waals surface area contributed by atoms with E-state index in [1.165, 1.54) is 6.39 Å². The summed E-state index contributed by atoms with van der Waals surface area (Å²) < 4.78 is 4.65. The van der Waals surface area contributed by atoms with Crippen LogP contribution >= 0.6 is 0 Å². The number of nitrogens with two attached hydrogens (primary N) is 1. The molecule has 7 nitrogen and oxygen atoms in total. The SMILES string of the molecule is Nc1cc2c(cc1NCc1ncon1)NC(=O)CC2. The molecule has 0 radical (unpaired) electrons. The van der Waals surface area contributed by atoms with Gasteiger partial charge in [0.1, 0.15) is 0 Å². The van der Waals surface area contributed by atoms with Crippen molar-refractivity contribution >= 4 is 23.0 Å². The number of rotatable bonds is 3. The largest absolute Gasteiger partial charge is 0.397 e. The maximum absolute atomic E-state index is 11.4. The molecule has 1 aromatic carbocycles. The number of nitrogens with zero attached hydrogens (tertiary/aromatic N) is 2. The number of hydrogen-bond donors (Lipinski definition) is 3. The van der Waals surface area contributed by atoms with Crippen LogP contribution in [0.2, 0.25) is 0 Å². The molecule has 1 aliphatic heterocycles. The quantitative estimate of drug-likeness (QED) is 0.714. The lowest BCUT2D eigenvalue weighted by Gasteiger charge is -2.19. The lowest BCUT2D eigenvalue weighted by Crippen LogP contribution is -2.19. The number of hydrogen-bond acceptors (Lipinski definition) is 6. The maximum atomic E-state index is 11.4. The van der Waals surface area contributed by atoms with E-state index >= 15 is 0 Å². The summed E-state index contributed by atoms with van der Waals surface area (Å²) in [4.78, 5) is 15.3. The minimum absolute atomic E-state index is 0.0291. The molecule has 7 heteroatoms. The highest BCUT2D eigenvalue weighted by atomic mass is 16.5. The Balaban J connectivity index is 1.81. The molecule has 0 unspecified atom stereocenters. The monoisotopic (exact) mass is 259 g/mol. The van der Waals surface area contributed by atoms with Crippen molar-refractivity contribution in [2.75, 3.05) is 16.4 Å². The smallest absolute Gasteiger partial charge is 0.224 e. The minimum atomic E-state index is 0.0291. The predicted molar refractivity (Wildman–Crippen MR) is 69.4 cm³/mol. The Hall–Kier alpha value is -2.57. The van der Waals surface area contributed by atoms with Crippen molar-refractivity contribution in [1.29, 1.82) is 0 Å². The van der Waals surface area contributed by atoms with Crippen LogP contribution in [-0.4, -0.2) is 16.0 Å². The number of aryl methyl sites for hydroxylation is 1. The van der Waals surface area contributed by atoms with Gasteiger partial charge in [-0.1, -0.05) is 5.16 Å². The van der Waals surface area contributed by atoms with E-state index in [9.17, 15) is 4.79 Å². The zero-order valence-electron chi connectivity index (χ0n) is 10.1. The van der Waals surface area contributed by atoms with Crippen LogP contribution in [0, 0.1) is 0 Å². The van der Waals surface area contributed by atoms with Gasteiger partial charge < -0.3 is 20.9 Å². The summed E-state index contributed by atoms with van der Waals surface area (Å²) in [6.45, 7) is 0.410. The summed E-state index contributed by atoms with van der Waals surface area (Å²) in [5, 5.41) is 9.66. The number of nitrogens with one attached hydrogen (secondary N) is 2. The molecule has 1 amide bonds. The molecule has 19 heavy (non-hydrogen) atoms. The lowest BCUT2D eigenvalue weighted by atomic mass is 10.0. The molecule has 1 aromatic heterocycles. The van der Waals surface area contributed by atoms with E-state index in [1.54, 1.807) is 0 Å². The predicted octanol–water partition coefficient (Wildman–Crippen LogP) is 1.15. The summed E-state index contributed by atoms with van der Waals surface area (Å²) in [6, 6.07) is 3.72. The number of benzene rings is 1. The van der Waals surface area contributed by atoms with Crippen LogP contribution in [0.5, 0.6) is 0 Å². The van der Waals surface area contributed by atoms with Gasteiger partial charge in [0.15, 0.2) is 5.82 Å². The fraction of sp³-hybridized carbons (Fsp3) is 0.250. The molecule has 0 saturated heterocycles. The molecule has 98 valence electrons. The van der Waals surface area contributed by atoms with Crippen molar-refractivity contribution in [1.82, 2.24) is 10.1 Å². The highest BCUT2D eigenvalue weighted by molar-refractivity contribution is 5.95. The topological polar surface area (TPSA) is 106 Å². The molecular weight excluding hydrogens is 246 g/mol. The fourth-order valence-electron chi connectivity index (χ4n) is 2.05. The molecule has 0 saturated carbocycles. The van der Waals surface area contributed by atoms with Crippen LogP contribution < -0.4 is 16.4 Å². The van der Waals surface area contributed by atoms with Crippen molar-refractivity contribution in [2.24, 2.45) is 0 Å². The van der Waals surface area contributed by atoms with Crippen molar-refractivity contribution < 1.29 is 9.32 Å². The highest BCUT2D eigenvalue weighted by Gasteiger charge is 2.16. The number of anilines is 3. The Morgan fingerprint density at radius 1 is 1.42 bits per heavy atom. The third-order valence-corrected chi connectivity index (χ3v) is 3.01. The van der Waals surface area contributed by atoms with E-state index in [0.717, 1.165) is 23.4 Å². The van der Waals surface area contributed by atoms with Crippen LogP contribution in [0.15, 0.2) is 23.0 Å². The van der Waals surface area contributed by atoms with Crippen LogP contribution in [0.25, 0.3) is 0 Å². The van der Waals surface area contributed by atoms with Crippen LogP contribution in [0.3, 0.4) is 0 Å². The minimum Gasteiger partial charge on any atom is -0.397 e. The number of nitrogen functional groups attached to an aromatic ring is 1. The van der Waals surface area contributed by atoms with E-state index in [0.29, 0.717) is 24.5 Å². The Morgan fingerprint density at radius 2 is 2.32 bits per heavy atom. The van der Waals surface area contributed by atoms with Crippen LogP contribution in [0.4, 0.5) is 17.1 Å². The maximum Gasteiger partial charge on any atom is 0.224 e. The Bertz CT molecular complexity index is 609. The summed E-state index contributed by atoms with van der Waals surface area (Å²) in [6.07, 6.45) is 2.49. The molecule has 0 spiro atoms. The average Bonchev–Trinajstić information content (AvgIpc) is 2.90. The Labute approximate surface area is 109 Å². The van der Waals surface area contributed by atoms with Gasteiger partial charge in [-0.2, -0.15) is 4.98 Å². The standard InChI is InChI=1S/C12H13N5O2/c13-8-3-7-1-2-12(18)16-9(7)4-10(8)14-5-11-15-6-19-17-11/h3-4,6,14H,1-2,5,13H2,(H,16,18). The summed E-state index contributed by atoms with van der Waals surface area (Å²) >= 11 is 0. The highest BCUT2D eigenvalue weighted by Crippen LogP contribution is 2.31. The van der Waals surface area contributed by atoms with Gasteiger partial charge in [0.05, 0.1) is 17.9 Å². The van der Waals surface area contributed by atoms with Crippen molar-refractivity contribution in [3.63, 3.8) is 0 Å². The molecule has 0 fully saturated rings. The molecule has 0 aliphatic carbocycles. The molecule has 0 atom stereocenters. The number of carbonyl (C=O) groups excluding carboxylic acids is 1. The number of aromatic nitrogens is 2. The van der Waals surface area contributed by atoms with Crippen LogP contribution in [-0.2, 0) is 17.8 Å².